The molecule has 72 valence electrons. The van der Waals surface area contributed by atoms with Crippen molar-refractivity contribution in [1.29, 1.82) is 0 Å². The van der Waals surface area contributed by atoms with Gasteiger partial charge in [-0.3, -0.25) is 4.39 Å². The Kier molecular flexibility index (Phi) is 3.63. The van der Waals surface area contributed by atoms with E-state index in [2.05, 4.69) is 0 Å². The molecule has 0 aliphatic carbocycles. The van der Waals surface area contributed by atoms with Gasteiger partial charge in [0, 0.05) is 11.6 Å². The van der Waals surface area contributed by atoms with Crippen molar-refractivity contribution in [2.45, 2.75) is 12.5 Å². The van der Waals surface area contributed by atoms with E-state index in [1.54, 1.807) is 6.07 Å². The van der Waals surface area contributed by atoms with Gasteiger partial charge in [0.1, 0.15) is 5.82 Å². The quantitative estimate of drug-likeness (QED) is 0.807. The number of nitrogens with two attached hydrogens (primary N) is 1. The Bertz CT molecular complexity index is 291. The molecule has 0 saturated heterocycles. The zero-order valence-electron chi connectivity index (χ0n) is 6.93. The van der Waals surface area contributed by atoms with Gasteiger partial charge in [0.2, 0.25) is 0 Å². The van der Waals surface area contributed by atoms with Crippen LogP contribution in [0.2, 0.25) is 5.02 Å². The van der Waals surface area contributed by atoms with Crippen LogP contribution in [-0.4, -0.2) is 6.67 Å². The van der Waals surface area contributed by atoms with E-state index < -0.39 is 18.5 Å². The van der Waals surface area contributed by atoms with Gasteiger partial charge in [-0.05, 0) is 12.5 Å². The van der Waals surface area contributed by atoms with Crippen LogP contribution in [0.15, 0.2) is 18.2 Å². The van der Waals surface area contributed by atoms with Crippen LogP contribution >= 0.6 is 11.6 Å². The smallest absolute Gasteiger partial charge is 0.146 e. The first-order valence-electron chi connectivity index (χ1n) is 3.92. The topological polar surface area (TPSA) is 26.0 Å². The lowest BCUT2D eigenvalue weighted by atomic mass is 10.0. The normalized spacial score (nSPS) is 12.9. The molecule has 1 aromatic rings. The summed E-state index contributed by atoms with van der Waals surface area (Å²) in [7, 11) is 0. The summed E-state index contributed by atoms with van der Waals surface area (Å²) >= 11 is 5.53. The lowest BCUT2D eigenvalue weighted by molar-refractivity contribution is 0.435. The Morgan fingerprint density at radius 1 is 1.46 bits per heavy atom. The van der Waals surface area contributed by atoms with Gasteiger partial charge < -0.3 is 5.73 Å². The third-order valence-electron chi connectivity index (χ3n) is 1.80. The Morgan fingerprint density at radius 2 is 2.15 bits per heavy atom. The van der Waals surface area contributed by atoms with E-state index in [-0.39, 0.29) is 17.0 Å². The van der Waals surface area contributed by atoms with Crippen LogP contribution in [0.3, 0.4) is 0 Å². The van der Waals surface area contributed by atoms with Crippen molar-refractivity contribution >= 4 is 11.6 Å². The summed E-state index contributed by atoms with van der Waals surface area (Å²) in [6, 6.07) is 3.92. The van der Waals surface area contributed by atoms with Crippen LogP contribution in [0.1, 0.15) is 18.0 Å². The van der Waals surface area contributed by atoms with Gasteiger partial charge >= 0.3 is 0 Å². The predicted octanol–water partition coefficient (Wildman–Crippen LogP) is 2.84. The Morgan fingerprint density at radius 3 is 2.77 bits per heavy atom. The van der Waals surface area contributed by atoms with Gasteiger partial charge in [-0.2, -0.15) is 0 Å². The molecule has 0 heterocycles. The van der Waals surface area contributed by atoms with E-state index >= 15 is 0 Å². The van der Waals surface area contributed by atoms with Crippen LogP contribution < -0.4 is 5.73 Å². The molecule has 0 aromatic heterocycles. The summed E-state index contributed by atoms with van der Waals surface area (Å²) in [5.41, 5.74) is 5.81. The van der Waals surface area contributed by atoms with Crippen LogP contribution in [0, 0.1) is 5.82 Å². The first-order valence-corrected chi connectivity index (χ1v) is 4.30. The number of alkyl halides is 1. The maximum absolute atomic E-state index is 13.2. The van der Waals surface area contributed by atoms with Gasteiger partial charge in [0.25, 0.3) is 0 Å². The Balaban J connectivity index is 2.93. The summed E-state index contributed by atoms with van der Waals surface area (Å²) in [5, 5.41) is 0.0202. The second-order valence-electron chi connectivity index (χ2n) is 2.73. The summed E-state index contributed by atoms with van der Waals surface area (Å²) in [4.78, 5) is 0. The molecule has 4 heteroatoms. The fourth-order valence-electron chi connectivity index (χ4n) is 1.08. The monoisotopic (exact) mass is 205 g/mol. The second-order valence-corrected chi connectivity index (χ2v) is 3.13. The van der Waals surface area contributed by atoms with E-state index in [4.69, 9.17) is 17.3 Å². The van der Waals surface area contributed by atoms with Crippen molar-refractivity contribution in [3.63, 3.8) is 0 Å². The molecule has 1 atom stereocenters. The summed E-state index contributed by atoms with van der Waals surface area (Å²) in [5.74, 6) is -0.551. The maximum atomic E-state index is 13.2. The van der Waals surface area contributed by atoms with Crippen molar-refractivity contribution in [2.24, 2.45) is 5.73 Å². The van der Waals surface area contributed by atoms with Crippen molar-refractivity contribution in [3.8, 4) is 0 Å². The number of benzene rings is 1. The first-order chi connectivity index (χ1) is 6.16. The molecule has 0 saturated carbocycles. The average molecular weight is 206 g/mol. The number of rotatable bonds is 3. The van der Waals surface area contributed by atoms with Crippen LogP contribution in [0.25, 0.3) is 0 Å². The van der Waals surface area contributed by atoms with Crippen LogP contribution in [0.5, 0.6) is 0 Å². The summed E-state index contributed by atoms with van der Waals surface area (Å²) in [6.07, 6.45) is 0.108. The number of hydrogen-bond acceptors (Lipinski definition) is 1. The highest BCUT2D eigenvalue weighted by molar-refractivity contribution is 6.30. The number of halogens is 3. The van der Waals surface area contributed by atoms with E-state index in [9.17, 15) is 8.78 Å². The molecule has 2 N–H and O–H groups in total. The molecule has 0 bridgehead atoms. The van der Waals surface area contributed by atoms with Gasteiger partial charge in [0.15, 0.2) is 0 Å². The average Bonchev–Trinajstić information content (AvgIpc) is 2.10. The zero-order chi connectivity index (χ0) is 9.84. The van der Waals surface area contributed by atoms with Crippen molar-refractivity contribution in [3.05, 3.63) is 34.6 Å². The molecule has 0 unspecified atom stereocenters. The second kappa shape index (κ2) is 4.53. The van der Waals surface area contributed by atoms with Crippen molar-refractivity contribution in [2.75, 3.05) is 6.67 Å². The maximum Gasteiger partial charge on any atom is 0.146 e. The van der Waals surface area contributed by atoms with Gasteiger partial charge in [-0.25, -0.2) is 4.39 Å². The molecule has 0 fully saturated rings. The summed E-state index contributed by atoms with van der Waals surface area (Å²) < 4.78 is 25.2. The Labute approximate surface area is 80.5 Å². The molecule has 0 radical (unpaired) electrons. The van der Waals surface area contributed by atoms with Crippen LogP contribution in [-0.2, 0) is 0 Å². The minimum Gasteiger partial charge on any atom is -0.324 e. The lowest BCUT2D eigenvalue weighted by Crippen LogP contribution is -2.12. The first kappa shape index (κ1) is 10.4. The lowest BCUT2D eigenvalue weighted by Gasteiger charge is -2.11. The Hall–Kier alpha value is -0.670. The SMILES string of the molecule is N[C@H](CCF)c1cccc(Cl)c1F. The van der Waals surface area contributed by atoms with E-state index in [1.165, 1.54) is 12.1 Å². The molecular formula is C9H10ClF2N. The fraction of sp³-hybridized carbons (Fsp3) is 0.333. The predicted molar refractivity (Wildman–Crippen MR) is 48.9 cm³/mol. The molecule has 1 nitrogen and oxygen atoms in total. The molecule has 1 rings (SSSR count). The van der Waals surface area contributed by atoms with Gasteiger partial charge in [-0.1, -0.05) is 23.7 Å². The number of hydrogen-bond donors (Lipinski definition) is 1. The van der Waals surface area contributed by atoms with Gasteiger partial charge in [0.05, 0.1) is 11.7 Å². The minimum atomic E-state index is -0.622. The van der Waals surface area contributed by atoms with E-state index in [0.29, 0.717) is 0 Å². The molecule has 0 spiro atoms. The minimum absolute atomic E-state index is 0.0202. The molecule has 13 heavy (non-hydrogen) atoms. The van der Waals surface area contributed by atoms with E-state index in [0.717, 1.165) is 0 Å². The van der Waals surface area contributed by atoms with Crippen molar-refractivity contribution in [1.82, 2.24) is 0 Å². The molecule has 0 aliphatic heterocycles. The third kappa shape index (κ3) is 2.39. The fourth-order valence-corrected chi connectivity index (χ4v) is 1.26. The molecule has 0 amide bonds. The highest BCUT2D eigenvalue weighted by atomic mass is 35.5. The molecular weight excluding hydrogens is 196 g/mol. The van der Waals surface area contributed by atoms with Gasteiger partial charge in [-0.15, -0.1) is 0 Å². The largest absolute Gasteiger partial charge is 0.324 e. The molecule has 1 aromatic carbocycles. The summed E-state index contributed by atoms with van der Waals surface area (Å²) in [6.45, 7) is -0.562. The third-order valence-corrected chi connectivity index (χ3v) is 2.09. The van der Waals surface area contributed by atoms with Crippen molar-refractivity contribution < 1.29 is 8.78 Å². The standard InChI is InChI=1S/C9H10ClF2N/c10-7-3-1-2-6(9(7)12)8(13)4-5-11/h1-3,8H,4-5,13H2/t8-/m1/s1. The van der Waals surface area contributed by atoms with E-state index in [1.807, 2.05) is 0 Å². The van der Waals surface area contributed by atoms with Crippen LogP contribution in [0.4, 0.5) is 8.78 Å². The highest BCUT2D eigenvalue weighted by Gasteiger charge is 2.12. The highest BCUT2D eigenvalue weighted by Crippen LogP contribution is 2.23. The molecule has 0 aliphatic rings. The zero-order valence-corrected chi connectivity index (χ0v) is 7.69.